The van der Waals surface area contributed by atoms with E-state index in [0.717, 1.165) is 19.4 Å². The fourth-order valence-electron chi connectivity index (χ4n) is 4.16. The third kappa shape index (κ3) is 4.84. The quantitative estimate of drug-likeness (QED) is 0.550. The van der Waals surface area contributed by atoms with Crippen molar-refractivity contribution in [1.29, 1.82) is 0 Å². The highest BCUT2D eigenvalue weighted by Gasteiger charge is 2.17. The first-order valence-electron chi connectivity index (χ1n) is 10.4. The number of nitrogens with zero attached hydrogens (tertiary/aromatic N) is 1. The molecule has 0 spiro atoms. The number of fused-ring (bicyclic) bond motifs is 1. The second kappa shape index (κ2) is 9.16. The molecule has 0 radical (unpaired) electrons. The zero-order chi connectivity index (χ0) is 18.4. The summed E-state index contributed by atoms with van der Waals surface area (Å²) in [5, 5.41) is 0. The van der Waals surface area contributed by atoms with Crippen LogP contribution in [0.2, 0.25) is 0 Å². The lowest BCUT2D eigenvalue weighted by Crippen LogP contribution is -2.14. The van der Waals surface area contributed by atoms with Crippen LogP contribution in [0.25, 0.3) is 6.08 Å². The van der Waals surface area contributed by atoms with Crippen LogP contribution in [0.1, 0.15) is 63.1 Å². The van der Waals surface area contributed by atoms with Crippen molar-refractivity contribution >= 4 is 11.8 Å². The van der Waals surface area contributed by atoms with E-state index < -0.39 is 0 Å². The van der Waals surface area contributed by atoms with E-state index in [9.17, 15) is 0 Å². The molecule has 0 aromatic heterocycles. The van der Waals surface area contributed by atoms with Gasteiger partial charge >= 0.3 is 0 Å². The maximum atomic E-state index is 4.96. The minimum atomic E-state index is 0.579. The Hall–Kier alpha value is -1.89. The predicted molar refractivity (Wildman–Crippen MR) is 115 cm³/mol. The lowest BCUT2D eigenvalue weighted by atomic mass is 9.84. The Morgan fingerprint density at radius 3 is 2.96 bits per heavy atom. The first-order chi connectivity index (χ1) is 12.7. The molecule has 138 valence electrons. The Morgan fingerprint density at radius 1 is 1.27 bits per heavy atom. The number of allylic oxidation sites excluding steroid dienone is 5. The second-order valence-corrected chi connectivity index (χ2v) is 7.90. The molecule has 0 saturated heterocycles. The van der Waals surface area contributed by atoms with Crippen molar-refractivity contribution < 1.29 is 0 Å². The maximum absolute atomic E-state index is 4.96. The van der Waals surface area contributed by atoms with Gasteiger partial charge in [-0.2, -0.15) is 0 Å². The summed E-state index contributed by atoms with van der Waals surface area (Å²) in [5.74, 6) is 1.29. The van der Waals surface area contributed by atoms with E-state index in [1.54, 1.807) is 0 Å². The van der Waals surface area contributed by atoms with Crippen LogP contribution in [0.15, 0.2) is 53.1 Å². The number of hydrogen-bond donors (Lipinski definition) is 0. The Kier molecular flexibility index (Phi) is 6.66. The minimum absolute atomic E-state index is 0.579. The molecule has 0 amide bonds. The van der Waals surface area contributed by atoms with Gasteiger partial charge in [0.05, 0.1) is 0 Å². The molecule has 2 aliphatic carbocycles. The highest BCUT2D eigenvalue weighted by Crippen LogP contribution is 2.27. The molecule has 0 aliphatic heterocycles. The Balaban J connectivity index is 1.62. The van der Waals surface area contributed by atoms with E-state index in [1.807, 2.05) is 0 Å². The Bertz CT molecular complexity index is 733. The van der Waals surface area contributed by atoms with Gasteiger partial charge in [0.15, 0.2) is 0 Å². The summed E-state index contributed by atoms with van der Waals surface area (Å²) in [5.41, 5.74) is 7.13. The normalized spacial score (nSPS) is 22.5. The third-order valence-corrected chi connectivity index (χ3v) is 5.68. The minimum Gasteiger partial charge on any atom is -0.289 e. The Morgan fingerprint density at radius 2 is 2.15 bits per heavy atom. The molecule has 1 aromatic rings. The van der Waals surface area contributed by atoms with Crippen LogP contribution in [0.4, 0.5) is 0 Å². The number of benzene rings is 1. The number of rotatable bonds is 6. The molecule has 1 aromatic carbocycles. The summed E-state index contributed by atoms with van der Waals surface area (Å²) in [6.45, 7) is 7.65. The lowest BCUT2D eigenvalue weighted by molar-refractivity contribution is 0.553. The second-order valence-electron chi connectivity index (χ2n) is 7.90. The zero-order valence-electron chi connectivity index (χ0n) is 16.7. The smallest absolute Gasteiger partial charge is 0.0421 e. The van der Waals surface area contributed by atoms with E-state index in [1.165, 1.54) is 53.7 Å². The molecule has 1 nitrogen and oxygen atoms in total. The molecular weight excluding hydrogens is 314 g/mol. The highest BCUT2D eigenvalue weighted by molar-refractivity contribution is 5.96. The van der Waals surface area contributed by atoms with Crippen molar-refractivity contribution in [1.82, 2.24) is 0 Å². The van der Waals surface area contributed by atoms with Crippen molar-refractivity contribution in [3.63, 3.8) is 0 Å². The van der Waals surface area contributed by atoms with Crippen LogP contribution < -0.4 is 0 Å². The first-order valence-corrected chi connectivity index (χ1v) is 10.4. The largest absolute Gasteiger partial charge is 0.289 e. The van der Waals surface area contributed by atoms with Gasteiger partial charge < -0.3 is 0 Å². The molecule has 2 atom stereocenters. The van der Waals surface area contributed by atoms with Crippen LogP contribution in [0.5, 0.6) is 0 Å². The molecule has 2 aliphatic rings. The molecule has 3 rings (SSSR count). The van der Waals surface area contributed by atoms with Gasteiger partial charge in [-0.15, -0.1) is 0 Å². The first kappa shape index (κ1) is 18.9. The average Bonchev–Trinajstić information content (AvgIpc) is 2.67. The fraction of sp³-hybridized carbons (Fsp3) is 0.480. The van der Waals surface area contributed by atoms with Crippen LogP contribution in [0.3, 0.4) is 0 Å². The van der Waals surface area contributed by atoms with Crippen molar-refractivity contribution in [2.75, 3.05) is 6.54 Å². The van der Waals surface area contributed by atoms with Crippen molar-refractivity contribution in [2.45, 2.75) is 59.3 Å². The number of hydrogen-bond acceptors (Lipinski definition) is 1. The van der Waals surface area contributed by atoms with Gasteiger partial charge in [0.25, 0.3) is 0 Å². The van der Waals surface area contributed by atoms with E-state index in [2.05, 4.69) is 69.4 Å². The van der Waals surface area contributed by atoms with Gasteiger partial charge in [-0.3, -0.25) is 4.99 Å². The maximum Gasteiger partial charge on any atom is 0.0421 e. The Labute approximate surface area is 159 Å². The molecule has 1 heteroatoms. The standard InChI is InChI=1S/C25H33N/c1-4-8-23-17-25(14-13-21(23)5-2)26-18-19(3)15-20-11-12-22-9-6-7-10-24(22)16-20/h4,7-8,10-12,16-17,19,21H,5-6,9,13-15,18H2,1-3H3. The van der Waals surface area contributed by atoms with Crippen molar-refractivity contribution in [2.24, 2.45) is 16.8 Å². The lowest BCUT2D eigenvalue weighted by Gasteiger charge is -2.22. The topological polar surface area (TPSA) is 12.4 Å². The summed E-state index contributed by atoms with van der Waals surface area (Å²) in [6.07, 6.45) is 18.4. The van der Waals surface area contributed by atoms with Gasteiger partial charge in [-0.05, 0) is 85.6 Å². The summed E-state index contributed by atoms with van der Waals surface area (Å²) in [7, 11) is 0. The van der Waals surface area contributed by atoms with Crippen LogP contribution in [-0.2, 0) is 12.8 Å². The van der Waals surface area contributed by atoms with Crippen LogP contribution in [0, 0.1) is 11.8 Å². The molecule has 0 bridgehead atoms. The molecule has 0 heterocycles. The predicted octanol–water partition coefficient (Wildman–Crippen LogP) is 6.59. The van der Waals surface area contributed by atoms with Gasteiger partial charge in [-0.25, -0.2) is 0 Å². The van der Waals surface area contributed by atoms with E-state index in [0.29, 0.717) is 11.8 Å². The van der Waals surface area contributed by atoms with Gasteiger partial charge in [-0.1, -0.05) is 56.4 Å². The van der Waals surface area contributed by atoms with E-state index in [-0.39, 0.29) is 0 Å². The zero-order valence-corrected chi connectivity index (χ0v) is 16.7. The van der Waals surface area contributed by atoms with E-state index in [4.69, 9.17) is 4.99 Å². The molecule has 0 N–H and O–H groups in total. The monoisotopic (exact) mass is 347 g/mol. The number of aryl methyl sites for hydroxylation is 1. The van der Waals surface area contributed by atoms with Gasteiger partial charge in [0.2, 0.25) is 0 Å². The molecule has 0 fully saturated rings. The molecular formula is C25H33N. The molecule has 26 heavy (non-hydrogen) atoms. The fourth-order valence-corrected chi connectivity index (χ4v) is 4.16. The van der Waals surface area contributed by atoms with Crippen LogP contribution >= 0.6 is 0 Å². The number of aliphatic imine (C=N–C) groups is 1. The summed E-state index contributed by atoms with van der Waals surface area (Å²) in [6, 6.07) is 7.02. The average molecular weight is 348 g/mol. The van der Waals surface area contributed by atoms with E-state index >= 15 is 0 Å². The van der Waals surface area contributed by atoms with Gasteiger partial charge in [0, 0.05) is 12.3 Å². The summed E-state index contributed by atoms with van der Waals surface area (Å²) >= 11 is 0. The van der Waals surface area contributed by atoms with Gasteiger partial charge in [0.1, 0.15) is 0 Å². The van der Waals surface area contributed by atoms with Crippen molar-refractivity contribution in [3.8, 4) is 0 Å². The SMILES string of the molecule is CC=CC1=CC(=NCC(C)Cc2ccc3c(c2)C=CCC3)CCC1CC. The molecule has 2 unspecified atom stereocenters. The molecule has 0 saturated carbocycles. The third-order valence-electron chi connectivity index (χ3n) is 5.68. The summed E-state index contributed by atoms with van der Waals surface area (Å²) in [4.78, 5) is 4.96. The summed E-state index contributed by atoms with van der Waals surface area (Å²) < 4.78 is 0. The van der Waals surface area contributed by atoms with Crippen molar-refractivity contribution in [3.05, 3.63) is 64.8 Å². The van der Waals surface area contributed by atoms with Crippen LogP contribution in [-0.4, -0.2) is 12.3 Å². The highest BCUT2D eigenvalue weighted by atomic mass is 14.7.